The van der Waals surface area contributed by atoms with Crippen LogP contribution in [0, 0.1) is 0 Å². The molecule has 0 radical (unpaired) electrons. The Morgan fingerprint density at radius 2 is 2.12 bits per heavy atom. The van der Waals surface area contributed by atoms with Gasteiger partial charge in [0.15, 0.2) is 16.6 Å². The van der Waals surface area contributed by atoms with E-state index in [2.05, 4.69) is 5.32 Å². The first-order valence-electron chi connectivity index (χ1n) is 8.42. The van der Waals surface area contributed by atoms with Crippen LogP contribution in [0.15, 0.2) is 23.9 Å². The van der Waals surface area contributed by atoms with Gasteiger partial charge in [0.2, 0.25) is 0 Å². The van der Waals surface area contributed by atoms with Crippen LogP contribution in [0.25, 0.3) is 6.08 Å². The molecule has 0 atom stereocenters. The Labute approximate surface area is 147 Å². The molecule has 6 heteroatoms. The summed E-state index contributed by atoms with van der Waals surface area (Å²) in [6.45, 7) is 2.32. The van der Waals surface area contributed by atoms with Crippen LogP contribution in [0.5, 0.6) is 11.5 Å². The van der Waals surface area contributed by atoms with Crippen LogP contribution in [-0.4, -0.2) is 33.7 Å². The van der Waals surface area contributed by atoms with Crippen molar-refractivity contribution in [2.24, 2.45) is 0 Å². The molecule has 1 saturated heterocycles. The van der Waals surface area contributed by atoms with Crippen LogP contribution in [-0.2, 0) is 4.79 Å². The molecule has 1 aliphatic heterocycles. The largest absolute Gasteiger partial charge is 0.504 e. The maximum atomic E-state index is 12.7. The number of nitrogens with zero attached hydrogens (tertiary/aromatic N) is 1. The van der Waals surface area contributed by atoms with Gasteiger partial charge in [0.05, 0.1) is 6.61 Å². The minimum absolute atomic E-state index is 0.0714. The highest BCUT2D eigenvalue weighted by atomic mass is 32.1. The molecular weight excluding hydrogens is 324 g/mol. The lowest BCUT2D eigenvalue weighted by Gasteiger charge is -2.29. The third kappa shape index (κ3) is 3.38. The highest BCUT2D eigenvalue weighted by molar-refractivity contribution is 7.80. The molecule has 1 heterocycles. The smallest absolute Gasteiger partial charge is 0.276 e. The van der Waals surface area contributed by atoms with Crippen molar-refractivity contribution in [2.75, 3.05) is 6.61 Å². The van der Waals surface area contributed by atoms with Gasteiger partial charge in [0.1, 0.15) is 5.70 Å². The molecule has 0 spiro atoms. The summed E-state index contributed by atoms with van der Waals surface area (Å²) in [6.07, 6.45) is 7.29. The van der Waals surface area contributed by atoms with E-state index in [0.29, 0.717) is 23.2 Å². The number of rotatable bonds is 4. The van der Waals surface area contributed by atoms with E-state index < -0.39 is 0 Å². The van der Waals surface area contributed by atoms with Gasteiger partial charge in [-0.05, 0) is 55.8 Å². The van der Waals surface area contributed by atoms with Crippen molar-refractivity contribution in [3.63, 3.8) is 0 Å². The summed E-state index contributed by atoms with van der Waals surface area (Å²) in [5.41, 5.74) is 1.25. The second-order valence-electron chi connectivity index (χ2n) is 6.12. The lowest BCUT2D eigenvalue weighted by Crippen LogP contribution is -2.41. The standard InChI is InChI=1S/C18H22N2O3S/c1-2-23-16-11-12(8-9-15(16)21)10-14-17(22)20(18(24)19-14)13-6-4-3-5-7-13/h8-11,13,21H,2-7H2,1H3,(H,19,24)/b14-10+. The fraction of sp³-hybridized carbons (Fsp3) is 0.444. The fourth-order valence-corrected chi connectivity index (χ4v) is 3.62. The molecule has 1 aromatic carbocycles. The van der Waals surface area contributed by atoms with Gasteiger partial charge >= 0.3 is 0 Å². The molecule has 1 aromatic rings. The van der Waals surface area contributed by atoms with E-state index in [1.54, 1.807) is 29.2 Å². The first kappa shape index (κ1) is 16.8. The van der Waals surface area contributed by atoms with Crippen LogP contribution in [0.3, 0.4) is 0 Å². The zero-order valence-corrected chi connectivity index (χ0v) is 14.6. The third-order valence-electron chi connectivity index (χ3n) is 4.44. The molecule has 1 amide bonds. The molecular formula is C18H22N2O3S. The number of ether oxygens (including phenoxy) is 1. The Kier molecular flexibility index (Phi) is 5.04. The molecule has 1 aliphatic carbocycles. The number of thiocarbonyl (C=S) groups is 1. The molecule has 0 bridgehead atoms. The van der Waals surface area contributed by atoms with Crippen molar-refractivity contribution < 1.29 is 14.6 Å². The monoisotopic (exact) mass is 346 g/mol. The SMILES string of the molecule is CCOc1cc(/C=C2/NC(=S)N(C3CCCCC3)C2=O)ccc1O. The van der Waals surface area contributed by atoms with Crippen molar-refractivity contribution in [2.45, 2.75) is 45.1 Å². The summed E-state index contributed by atoms with van der Waals surface area (Å²) in [4.78, 5) is 14.5. The maximum absolute atomic E-state index is 12.7. The first-order chi connectivity index (χ1) is 11.6. The summed E-state index contributed by atoms with van der Waals surface area (Å²) in [5.74, 6) is 0.422. The van der Waals surface area contributed by atoms with Gasteiger partial charge < -0.3 is 15.2 Å². The number of carbonyl (C=O) groups is 1. The number of benzene rings is 1. The Morgan fingerprint density at radius 3 is 2.83 bits per heavy atom. The Balaban J connectivity index is 1.82. The van der Waals surface area contributed by atoms with Gasteiger partial charge in [-0.1, -0.05) is 25.3 Å². The molecule has 5 nitrogen and oxygen atoms in total. The zero-order valence-electron chi connectivity index (χ0n) is 13.7. The first-order valence-corrected chi connectivity index (χ1v) is 8.83. The highest BCUT2D eigenvalue weighted by Gasteiger charge is 2.36. The predicted molar refractivity (Wildman–Crippen MR) is 96.7 cm³/mol. The Hall–Kier alpha value is -2.08. The average Bonchev–Trinajstić information content (AvgIpc) is 2.85. The van der Waals surface area contributed by atoms with Crippen LogP contribution in [0.2, 0.25) is 0 Å². The minimum Gasteiger partial charge on any atom is -0.504 e. The number of phenolic OH excluding ortho intramolecular Hbond substituents is 1. The second kappa shape index (κ2) is 7.21. The van der Waals surface area contributed by atoms with Crippen LogP contribution >= 0.6 is 12.2 Å². The normalized spacial score (nSPS) is 20.5. The molecule has 2 fully saturated rings. The zero-order chi connectivity index (χ0) is 17.1. The summed E-state index contributed by atoms with van der Waals surface area (Å²) in [5, 5.41) is 13.3. The topological polar surface area (TPSA) is 61.8 Å². The molecule has 128 valence electrons. The fourth-order valence-electron chi connectivity index (χ4n) is 3.28. The van der Waals surface area contributed by atoms with Gasteiger partial charge in [-0.25, -0.2) is 0 Å². The number of phenols is 1. The summed E-state index contributed by atoms with van der Waals surface area (Å²) in [6, 6.07) is 5.23. The summed E-state index contributed by atoms with van der Waals surface area (Å²) in [7, 11) is 0. The predicted octanol–water partition coefficient (Wildman–Crippen LogP) is 3.18. The van der Waals surface area contributed by atoms with Gasteiger partial charge in [-0.3, -0.25) is 9.69 Å². The van der Waals surface area contributed by atoms with E-state index in [0.717, 1.165) is 31.2 Å². The van der Waals surface area contributed by atoms with Crippen LogP contribution in [0.1, 0.15) is 44.6 Å². The molecule has 24 heavy (non-hydrogen) atoms. The molecule has 1 saturated carbocycles. The molecule has 3 rings (SSSR count). The van der Waals surface area contributed by atoms with E-state index in [4.69, 9.17) is 17.0 Å². The quantitative estimate of drug-likeness (QED) is 0.648. The number of hydrogen-bond acceptors (Lipinski definition) is 4. The van der Waals surface area contributed by atoms with E-state index in [1.165, 1.54) is 6.42 Å². The van der Waals surface area contributed by atoms with E-state index >= 15 is 0 Å². The molecule has 0 aromatic heterocycles. The van der Waals surface area contributed by atoms with Crippen molar-refractivity contribution >= 4 is 29.3 Å². The van der Waals surface area contributed by atoms with Gasteiger partial charge in [0, 0.05) is 6.04 Å². The van der Waals surface area contributed by atoms with Crippen molar-refractivity contribution in [3.8, 4) is 11.5 Å². The van der Waals surface area contributed by atoms with E-state index in [-0.39, 0.29) is 17.7 Å². The van der Waals surface area contributed by atoms with E-state index in [1.807, 2.05) is 6.92 Å². The van der Waals surface area contributed by atoms with Gasteiger partial charge in [0.25, 0.3) is 5.91 Å². The highest BCUT2D eigenvalue weighted by Crippen LogP contribution is 2.29. The lowest BCUT2D eigenvalue weighted by atomic mass is 9.94. The molecule has 0 unspecified atom stereocenters. The minimum atomic E-state index is -0.0714. The number of carbonyl (C=O) groups excluding carboxylic acids is 1. The maximum Gasteiger partial charge on any atom is 0.276 e. The average molecular weight is 346 g/mol. The second-order valence-corrected chi connectivity index (χ2v) is 6.50. The number of amides is 1. The summed E-state index contributed by atoms with van der Waals surface area (Å²) >= 11 is 5.37. The molecule has 2 aliphatic rings. The third-order valence-corrected chi connectivity index (χ3v) is 4.74. The van der Waals surface area contributed by atoms with Crippen molar-refractivity contribution in [1.29, 1.82) is 0 Å². The number of aromatic hydroxyl groups is 1. The van der Waals surface area contributed by atoms with Gasteiger partial charge in [-0.2, -0.15) is 0 Å². The number of hydrogen-bond donors (Lipinski definition) is 2. The Morgan fingerprint density at radius 1 is 1.38 bits per heavy atom. The van der Waals surface area contributed by atoms with Gasteiger partial charge in [-0.15, -0.1) is 0 Å². The number of nitrogens with one attached hydrogen (secondary N) is 1. The lowest BCUT2D eigenvalue weighted by molar-refractivity contribution is -0.124. The Bertz CT molecular complexity index is 681. The van der Waals surface area contributed by atoms with Crippen LogP contribution in [0.4, 0.5) is 0 Å². The molecule has 2 N–H and O–H groups in total. The van der Waals surface area contributed by atoms with E-state index in [9.17, 15) is 9.90 Å². The van der Waals surface area contributed by atoms with Crippen molar-refractivity contribution in [1.82, 2.24) is 10.2 Å². The van der Waals surface area contributed by atoms with Crippen molar-refractivity contribution in [3.05, 3.63) is 29.5 Å². The summed E-state index contributed by atoms with van der Waals surface area (Å²) < 4.78 is 5.39. The van der Waals surface area contributed by atoms with Crippen LogP contribution < -0.4 is 10.1 Å².